The molecule has 0 unspecified atom stereocenters. The van der Waals surface area contributed by atoms with Crippen molar-refractivity contribution in [2.75, 3.05) is 26.8 Å². The van der Waals surface area contributed by atoms with E-state index in [1.54, 1.807) is 7.11 Å². The van der Waals surface area contributed by atoms with Gasteiger partial charge in [-0.05, 0) is 17.7 Å². The van der Waals surface area contributed by atoms with Crippen LogP contribution in [-0.2, 0) is 11.3 Å². The third kappa shape index (κ3) is 6.14. The Labute approximate surface area is 117 Å². The summed E-state index contributed by atoms with van der Waals surface area (Å²) in [6.07, 6.45) is 0.595. The molecule has 1 rings (SSSR count). The molecule has 4 nitrogen and oxygen atoms in total. The summed E-state index contributed by atoms with van der Waals surface area (Å²) < 4.78 is 6.19. The predicted molar refractivity (Wildman–Crippen MR) is 77.8 cm³/mol. The van der Waals surface area contributed by atoms with Crippen molar-refractivity contribution in [2.45, 2.75) is 13.0 Å². The molecule has 0 aromatic heterocycles. The first-order valence-electron chi connectivity index (χ1n) is 5.90. The highest BCUT2D eigenvalue weighted by Crippen LogP contribution is 2.13. The maximum absolute atomic E-state index is 7.29. The van der Waals surface area contributed by atoms with E-state index in [0.29, 0.717) is 13.0 Å². The number of methoxy groups -OCH3 is 1. The molecule has 1 aromatic rings. The molecule has 0 radical (unpaired) electrons. The zero-order valence-electron chi connectivity index (χ0n) is 10.7. The quantitative estimate of drug-likeness (QED) is 0.571. The first-order valence-corrected chi connectivity index (χ1v) is 6.69. The Morgan fingerprint density at radius 2 is 2.22 bits per heavy atom. The van der Waals surface area contributed by atoms with Crippen LogP contribution in [-0.4, -0.2) is 37.5 Å². The Kier molecular flexibility index (Phi) is 6.93. The second-order valence-corrected chi connectivity index (χ2v) is 5.09. The fourth-order valence-corrected chi connectivity index (χ4v) is 2.11. The van der Waals surface area contributed by atoms with Crippen LogP contribution in [0, 0.1) is 5.41 Å². The van der Waals surface area contributed by atoms with Gasteiger partial charge < -0.3 is 10.5 Å². The van der Waals surface area contributed by atoms with Crippen molar-refractivity contribution in [1.82, 2.24) is 4.90 Å². The van der Waals surface area contributed by atoms with Gasteiger partial charge in [-0.2, -0.15) is 0 Å². The van der Waals surface area contributed by atoms with Gasteiger partial charge >= 0.3 is 0 Å². The molecule has 0 fully saturated rings. The lowest BCUT2D eigenvalue weighted by atomic mass is 10.2. The minimum absolute atomic E-state index is 0.228. The van der Waals surface area contributed by atoms with E-state index in [1.807, 2.05) is 12.1 Å². The molecule has 3 N–H and O–H groups in total. The van der Waals surface area contributed by atoms with E-state index in [0.717, 1.165) is 24.1 Å². The van der Waals surface area contributed by atoms with Crippen molar-refractivity contribution in [3.05, 3.63) is 34.3 Å². The van der Waals surface area contributed by atoms with Crippen LogP contribution in [0.3, 0.4) is 0 Å². The summed E-state index contributed by atoms with van der Waals surface area (Å²) in [5.74, 6) is 0.228. The molecule has 0 amide bonds. The molecule has 0 aliphatic heterocycles. The fourth-order valence-electron chi connectivity index (χ4n) is 1.66. The van der Waals surface area contributed by atoms with Crippen molar-refractivity contribution < 1.29 is 4.74 Å². The standard InChI is InChI=1S/C13H20BrN3O/c1-18-8-7-17(6-5-13(15)16)10-11-3-2-4-12(14)9-11/h2-4,9H,5-8,10H2,1H3,(H3,15,16). The minimum Gasteiger partial charge on any atom is -0.388 e. The number of hydrogen-bond donors (Lipinski definition) is 2. The van der Waals surface area contributed by atoms with E-state index >= 15 is 0 Å². The first-order chi connectivity index (χ1) is 8.61. The average molecular weight is 314 g/mol. The maximum atomic E-state index is 7.29. The molecule has 0 atom stereocenters. The second kappa shape index (κ2) is 8.24. The molecule has 0 saturated heterocycles. The van der Waals surface area contributed by atoms with Crippen LogP contribution in [0.2, 0.25) is 0 Å². The number of benzene rings is 1. The zero-order valence-corrected chi connectivity index (χ0v) is 12.2. The molecule has 100 valence electrons. The summed E-state index contributed by atoms with van der Waals surface area (Å²) in [6.45, 7) is 3.16. The Hall–Kier alpha value is -0.910. The molecule has 1 aromatic carbocycles. The number of halogens is 1. The van der Waals surface area contributed by atoms with Gasteiger partial charge in [0.25, 0.3) is 0 Å². The van der Waals surface area contributed by atoms with Gasteiger partial charge in [0, 0.05) is 37.6 Å². The van der Waals surface area contributed by atoms with Gasteiger partial charge in [0.1, 0.15) is 0 Å². The Morgan fingerprint density at radius 1 is 1.44 bits per heavy atom. The molecule has 0 aliphatic rings. The van der Waals surface area contributed by atoms with Gasteiger partial charge in [-0.3, -0.25) is 10.3 Å². The lowest BCUT2D eigenvalue weighted by Crippen LogP contribution is -2.30. The first kappa shape index (κ1) is 15.1. The van der Waals surface area contributed by atoms with Gasteiger partial charge in [-0.25, -0.2) is 0 Å². The third-order valence-corrected chi connectivity index (χ3v) is 3.10. The Morgan fingerprint density at radius 3 is 2.83 bits per heavy atom. The molecule has 0 saturated carbocycles. The summed E-state index contributed by atoms with van der Waals surface area (Å²) in [7, 11) is 1.70. The molecule has 0 aliphatic carbocycles. The van der Waals surface area contributed by atoms with E-state index < -0.39 is 0 Å². The van der Waals surface area contributed by atoms with E-state index in [4.69, 9.17) is 15.9 Å². The van der Waals surface area contributed by atoms with Crippen LogP contribution >= 0.6 is 15.9 Å². The number of amidine groups is 1. The zero-order chi connectivity index (χ0) is 13.4. The Bertz CT molecular complexity index is 384. The molecular formula is C13H20BrN3O. The number of nitrogens with two attached hydrogens (primary N) is 1. The molecule has 0 bridgehead atoms. The molecule has 18 heavy (non-hydrogen) atoms. The van der Waals surface area contributed by atoms with Crippen LogP contribution in [0.1, 0.15) is 12.0 Å². The van der Waals surface area contributed by atoms with Gasteiger partial charge in [0.2, 0.25) is 0 Å². The van der Waals surface area contributed by atoms with E-state index in [2.05, 4.69) is 33.0 Å². The van der Waals surface area contributed by atoms with Crippen LogP contribution in [0.25, 0.3) is 0 Å². The molecular weight excluding hydrogens is 294 g/mol. The average Bonchev–Trinajstić information content (AvgIpc) is 2.32. The minimum atomic E-state index is 0.228. The van der Waals surface area contributed by atoms with Crippen LogP contribution < -0.4 is 5.73 Å². The third-order valence-electron chi connectivity index (χ3n) is 2.60. The normalized spacial score (nSPS) is 10.8. The molecule has 5 heteroatoms. The number of nitrogens with one attached hydrogen (secondary N) is 1. The van der Waals surface area contributed by atoms with E-state index in [1.165, 1.54) is 5.56 Å². The van der Waals surface area contributed by atoms with Crippen LogP contribution in [0.15, 0.2) is 28.7 Å². The maximum Gasteiger partial charge on any atom is 0.0918 e. The fraction of sp³-hybridized carbons (Fsp3) is 0.462. The molecule has 0 spiro atoms. The summed E-state index contributed by atoms with van der Waals surface area (Å²) in [4.78, 5) is 2.24. The van der Waals surface area contributed by atoms with Gasteiger partial charge in [0.15, 0.2) is 0 Å². The van der Waals surface area contributed by atoms with Gasteiger partial charge in [0.05, 0.1) is 12.4 Å². The SMILES string of the molecule is COCCN(CCC(=N)N)Cc1cccc(Br)c1. The van der Waals surface area contributed by atoms with Crippen molar-refractivity contribution in [3.8, 4) is 0 Å². The van der Waals surface area contributed by atoms with Crippen molar-refractivity contribution >= 4 is 21.8 Å². The Balaban J connectivity index is 2.56. The highest BCUT2D eigenvalue weighted by atomic mass is 79.9. The second-order valence-electron chi connectivity index (χ2n) is 4.17. The van der Waals surface area contributed by atoms with Crippen molar-refractivity contribution in [1.29, 1.82) is 5.41 Å². The molecule has 0 heterocycles. The summed E-state index contributed by atoms with van der Waals surface area (Å²) in [5, 5.41) is 7.29. The number of rotatable bonds is 8. The lowest BCUT2D eigenvalue weighted by Gasteiger charge is -2.21. The van der Waals surface area contributed by atoms with E-state index in [9.17, 15) is 0 Å². The summed E-state index contributed by atoms with van der Waals surface area (Å²) >= 11 is 3.47. The smallest absolute Gasteiger partial charge is 0.0918 e. The van der Waals surface area contributed by atoms with Gasteiger partial charge in [-0.1, -0.05) is 28.1 Å². The van der Waals surface area contributed by atoms with Crippen molar-refractivity contribution in [2.24, 2.45) is 5.73 Å². The number of hydrogen-bond acceptors (Lipinski definition) is 3. The number of ether oxygens (including phenoxy) is 1. The topological polar surface area (TPSA) is 62.3 Å². The van der Waals surface area contributed by atoms with E-state index in [-0.39, 0.29) is 5.84 Å². The monoisotopic (exact) mass is 313 g/mol. The highest BCUT2D eigenvalue weighted by molar-refractivity contribution is 9.10. The van der Waals surface area contributed by atoms with Crippen LogP contribution in [0.5, 0.6) is 0 Å². The largest absolute Gasteiger partial charge is 0.388 e. The predicted octanol–water partition coefficient (Wildman–Crippen LogP) is 2.22. The van der Waals surface area contributed by atoms with Crippen LogP contribution in [0.4, 0.5) is 0 Å². The number of nitrogens with zero attached hydrogens (tertiary/aromatic N) is 1. The summed E-state index contributed by atoms with van der Waals surface area (Å²) in [6, 6.07) is 8.24. The summed E-state index contributed by atoms with van der Waals surface area (Å²) in [5.41, 5.74) is 6.64. The van der Waals surface area contributed by atoms with Gasteiger partial charge in [-0.15, -0.1) is 0 Å². The lowest BCUT2D eigenvalue weighted by molar-refractivity contribution is 0.145. The van der Waals surface area contributed by atoms with Crippen molar-refractivity contribution in [3.63, 3.8) is 0 Å². The highest BCUT2D eigenvalue weighted by Gasteiger charge is 2.06.